The van der Waals surface area contributed by atoms with Crippen LogP contribution in [0.1, 0.15) is 20.8 Å². The van der Waals surface area contributed by atoms with Gasteiger partial charge in [-0.2, -0.15) is 0 Å². The Hall–Kier alpha value is -1.81. The molecule has 4 heteroatoms. The average molecular weight is 259 g/mol. The summed E-state index contributed by atoms with van der Waals surface area (Å²) >= 11 is 0. The zero-order valence-electron chi connectivity index (χ0n) is 11.7. The molecule has 0 saturated carbocycles. The molecule has 0 aliphatic carbocycles. The molecule has 0 aliphatic rings. The highest BCUT2D eigenvalue weighted by Gasteiger charge is 2.18. The van der Waals surface area contributed by atoms with Gasteiger partial charge in [0.2, 0.25) is 0 Å². The number of benzene rings is 1. The van der Waals surface area contributed by atoms with Gasteiger partial charge in [-0.05, 0) is 26.8 Å². The van der Waals surface area contributed by atoms with E-state index >= 15 is 0 Å². The quantitative estimate of drug-likeness (QED) is 0.866. The maximum atomic E-state index is 6.02. The number of nitrogens with zero attached hydrogens (tertiary/aromatic N) is 1. The highest BCUT2D eigenvalue weighted by atomic mass is 16.5. The van der Waals surface area contributed by atoms with Gasteiger partial charge in [-0.1, -0.05) is 18.2 Å². The van der Waals surface area contributed by atoms with Crippen LogP contribution in [0.15, 0.2) is 30.5 Å². The first-order valence-corrected chi connectivity index (χ1v) is 6.54. The summed E-state index contributed by atoms with van der Waals surface area (Å²) in [5.41, 5.74) is 8.32. The van der Waals surface area contributed by atoms with Gasteiger partial charge in [0.15, 0.2) is 0 Å². The van der Waals surface area contributed by atoms with Gasteiger partial charge in [-0.25, -0.2) is 0 Å². The smallest absolute Gasteiger partial charge is 0.0797 e. The normalized spacial score (nSPS) is 11.7. The van der Waals surface area contributed by atoms with Gasteiger partial charge in [0, 0.05) is 18.5 Å². The minimum absolute atomic E-state index is 0.231. The second-order valence-corrected chi connectivity index (χ2v) is 5.15. The van der Waals surface area contributed by atoms with Crippen molar-refractivity contribution in [2.75, 3.05) is 24.2 Å². The molecular formula is C15H21N3O. The predicted molar refractivity (Wildman–Crippen MR) is 80.4 cm³/mol. The van der Waals surface area contributed by atoms with Crippen LogP contribution in [-0.4, -0.2) is 23.7 Å². The number of nitrogen functional groups attached to an aromatic ring is 1. The van der Waals surface area contributed by atoms with Gasteiger partial charge in [0.25, 0.3) is 0 Å². The van der Waals surface area contributed by atoms with Crippen LogP contribution in [-0.2, 0) is 4.74 Å². The van der Waals surface area contributed by atoms with E-state index in [0.717, 1.165) is 16.6 Å². The van der Waals surface area contributed by atoms with Crippen LogP contribution in [0.3, 0.4) is 0 Å². The monoisotopic (exact) mass is 259 g/mol. The van der Waals surface area contributed by atoms with Crippen molar-refractivity contribution in [3.63, 3.8) is 0 Å². The van der Waals surface area contributed by atoms with E-state index in [1.807, 2.05) is 31.2 Å². The molecule has 3 N–H and O–H groups in total. The van der Waals surface area contributed by atoms with Crippen molar-refractivity contribution < 1.29 is 4.74 Å². The molecule has 0 fully saturated rings. The first kappa shape index (κ1) is 13.6. The predicted octanol–water partition coefficient (Wildman–Crippen LogP) is 3.04. The lowest BCUT2D eigenvalue weighted by molar-refractivity contribution is 0.000729. The fourth-order valence-corrected chi connectivity index (χ4v) is 2.10. The van der Waals surface area contributed by atoms with Gasteiger partial charge >= 0.3 is 0 Å². The Bertz CT molecular complexity index is 566. The van der Waals surface area contributed by atoms with Gasteiger partial charge in [-0.3, -0.25) is 4.98 Å². The van der Waals surface area contributed by atoms with E-state index in [9.17, 15) is 0 Å². The summed E-state index contributed by atoms with van der Waals surface area (Å²) < 4.78 is 5.68. The van der Waals surface area contributed by atoms with Crippen molar-refractivity contribution in [3.05, 3.63) is 30.5 Å². The SMILES string of the molecule is CCOC(C)(C)CNc1c(N)cnc2ccccc12. The molecule has 1 aromatic heterocycles. The highest BCUT2D eigenvalue weighted by Crippen LogP contribution is 2.28. The number of rotatable bonds is 5. The van der Waals surface area contributed by atoms with E-state index in [0.29, 0.717) is 18.8 Å². The lowest BCUT2D eigenvalue weighted by Crippen LogP contribution is -2.33. The fourth-order valence-electron chi connectivity index (χ4n) is 2.10. The Labute approximate surface area is 114 Å². The number of anilines is 2. The number of nitrogens with one attached hydrogen (secondary N) is 1. The molecule has 1 heterocycles. The molecule has 0 unspecified atom stereocenters. The summed E-state index contributed by atoms with van der Waals surface area (Å²) in [6.07, 6.45) is 1.69. The molecule has 0 bridgehead atoms. The minimum Gasteiger partial charge on any atom is -0.396 e. The molecule has 0 atom stereocenters. The first-order chi connectivity index (χ1) is 9.03. The fraction of sp³-hybridized carbons (Fsp3) is 0.400. The molecule has 0 radical (unpaired) electrons. The standard InChI is InChI=1S/C15H21N3O/c1-4-19-15(2,3)10-18-14-11-7-5-6-8-13(11)17-9-12(14)16/h5-9H,4,10,16H2,1-3H3,(H,17,18). The van der Waals surface area contributed by atoms with Crippen LogP contribution >= 0.6 is 0 Å². The number of para-hydroxylation sites is 1. The average Bonchev–Trinajstić information content (AvgIpc) is 2.37. The number of hydrogen-bond donors (Lipinski definition) is 2. The molecule has 1 aromatic carbocycles. The largest absolute Gasteiger partial charge is 0.396 e. The van der Waals surface area contributed by atoms with E-state index in [1.165, 1.54) is 0 Å². The van der Waals surface area contributed by atoms with Crippen LogP contribution in [0.25, 0.3) is 10.9 Å². The van der Waals surface area contributed by atoms with Crippen molar-refractivity contribution in [1.82, 2.24) is 4.98 Å². The Morgan fingerprint density at radius 1 is 1.32 bits per heavy atom. The lowest BCUT2D eigenvalue weighted by Gasteiger charge is -2.26. The Balaban J connectivity index is 2.27. The molecule has 102 valence electrons. The summed E-state index contributed by atoms with van der Waals surface area (Å²) in [5, 5.41) is 4.43. The second-order valence-electron chi connectivity index (χ2n) is 5.15. The molecule has 0 aliphatic heterocycles. The maximum absolute atomic E-state index is 6.02. The Morgan fingerprint density at radius 3 is 2.79 bits per heavy atom. The van der Waals surface area contributed by atoms with E-state index in [4.69, 9.17) is 10.5 Å². The Morgan fingerprint density at radius 2 is 2.05 bits per heavy atom. The zero-order chi connectivity index (χ0) is 13.9. The van der Waals surface area contributed by atoms with Gasteiger partial charge in [-0.15, -0.1) is 0 Å². The number of pyridine rings is 1. The van der Waals surface area contributed by atoms with Crippen molar-refractivity contribution in [2.24, 2.45) is 0 Å². The third-order valence-corrected chi connectivity index (χ3v) is 3.03. The van der Waals surface area contributed by atoms with E-state index in [1.54, 1.807) is 6.20 Å². The van der Waals surface area contributed by atoms with E-state index in [-0.39, 0.29) is 5.60 Å². The molecular weight excluding hydrogens is 238 g/mol. The van der Waals surface area contributed by atoms with E-state index in [2.05, 4.69) is 24.1 Å². The second kappa shape index (κ2) is 5.45. The maximum Gasteiger partial charge on any atom is 0.0797 e. The number of hydrogen-bond acceptors (Lipinski definition) is 4. The zero-order valence-corrected chi connectivity index (χ0v) is 11.7. The number of ether oxygens (including phenoxy) is 1. The first-order valence-electron chi connectivity index (χ1n) is 6.54. The minimum atomic E-state index is -0.231. The molecule has 19 heavy (non-hydrogen) atoms. The topological polar surface area (TPSA) is 60.2 Å². The van der Waals surface area contributed by atoms with Crippen LogP contribution in [0.2, 0.25) is 0 Å². The van der Waals surface area contributed by atoms with Crippen LogP contribution in [0.4, 0.5) is 11.4 Å². The summed E-state index contributed by atoms with van der Waals surface area (Å²) in [5.74, 6) is 0. The lowest BCUT2D eigenvalue weighted by atomic mass is 10.1. The number of nitrogens with two attached hydrogens (primary N) is 1. The van der Waals surface area contributed by atoms with Crippen LogP contribution in [0.5, 0.6) is 0 Å². The van der Waals surface area contributed by atoms with Crippen molar-refractivity contribution in [1.29, 1.82) is 0 Å². The summed E-state index contributed by atoms with van der Waals surface area (Å²) in [4.78, 5) is 4.33. The molecule has 2 aromatic rings. The van der Waals surface area contributed by atoms with Crippen molar-refractivity contribution in [3.8, 4) is 0 Å². The van der Waals surface area contributed by atoms with Crippen LogP contribution in [0, 0.1) is 0 Å². The van der Waals surface area contributed by atoms with Gasteiger partial charge < -0.3 is 15.8 Å². The summed E-state index contributed by atoms with van der Waals surface area (Å²) in [6.45, 7) is 7.50. The molecule has 2 rings (SSSR count). The third-order valence-electron chi connectivity index (χ3n) is 3.03. The summed E-state index contributed by atoms with van der Waals surface area (Å²) in [6, 6.07) is 7.96. The molecule has 0 amide bonds. The van der Waals surface area contributed by atoms with Gasteiger partial charge in [0.05, 0.1) is 28.7 Å². The highest BCUT2D eigenvalue weighted by molar-refractivity contribution is 5.96. The van der Waals surface area contributed by atoms with Crippen molar-refractivity contribution in [2.45, 2.75) is 26.4 Å². The van der Waals surface area contributed by atoms with Crippen LogP contribution < -0.4 is 11.1 Å². The Kier molecular flexibility index (Phi) is 3.90. The molecule has 4 nitrogen and oxygen atoms in total. The third kappa shape index (κ3) is 3.15. The molecule has 0 saturated heterocycles. The molecule has 0 spiro atoms. The van der Waals surface area contributed by atoms with E-state index < -0.39 is 0 Å². The summed E-state index contributed by atoms with van der Waals surface area (Å²) in [7, 11) is 0. The van der Waals surface area contributed by atoms with Crippen molar-refractivity contribution >= 4 is 22.3 Å². The number of fused-ring (bicyclic) bond motifs is 1. The number of aromatic nitrogens is 1. The van der Waals surface area contributed by atoms with Gasteiger partial charge in [0.1, 0.15) is 0 Å².